The normalized spacial score (nSPS) is 9.92. The van der Waals surface area contributed by atoms with Gasteiger partial charge in [-0.05, 0) is 29.3 Å². The molecule has 0 saturated carbocycles. The first-order chi connectivity index (χ1) is 5.65. The van der Waals surface area contributed by atoms with Crippen LogP contribution >= 0.6 is 27.5 Å². The van der Waals surface area contributed by atoms with Gasteiger partial charge in [-0.15, -0.1) is 11.6 Å². The van der Waals surface area contributed by atoms with E-state index in [9.17, 15) is 4.39 Å². The molecule has 3 heteroatoms. The van der Waals surface area contributed by atoms with E-state index in [4.69, 9.17) is 11.6 Å². The molecule has 12 heavy (non-hydrogen) atoms. The van der Waals surface area contributed by atoms with E-state index in [0.717, 1.165) is 10.0 Å². The minimum Gasteiger partial charge on any atom is -0.207 e. The van der Waals surface area contributed by atoms with Gasteiger partial charge < -0.3 is 0 Å². The second-order valence-electron chi connectivity index (χ2n) is 2.36. The lowest BCUT2D eigenvalue weighted by atomic mass is 10.1. The van der Waals surface area contributed by atoms with E-state index >= 15 is 0 Å². The molecular weight excluding hydrogens is 242 g/mol. The van der Waals surface area contributed by atoms with Crippen molar-refractivity contribution < 1.29 is 4.39 Å². The second-order valence-corrected chi connectivity index (χ2v) is 3.48. The molecule has 1 rings (SSSR count). The number of hydrogen-bond acceptors (Lipinski definition) is 0. The molecule has 0 heterocycles. The lowest BCUT2D eigenvalue weighted by Crippen LogP contribution is -1.87. The fraction of sp³-hybridized carbons (Fsp3) is 0.111. The van der Waals surface area contributed by atoms with Crippen LogP contribution in [0.5, 0.6) is 0 Å². The Balaban J connectivity index is 3.13. The second kappa shape index (κ2) is 4.06. The van der Waals surface area contributed by atoms with Gasteiger partial charge in [0.1, 0.15) is 5.82 Å². The Labute approximate surface area is 84.2 Å². The van der Waals surface area contributed by atoms with Gasteiger partial charge in [0, 0.05) is 10.4 Å². The first-order valence-corrected chi connectivity index (χ1v) is 4.67. The molecule has 0 radical (unpaired) electrons. The van der Waals surface area contributed by atoms with Crippen LogP contribution in [0, 0.1) is 5.82 Å². The van der Waals surface area contributed by atoms with Gasteiger partial charge in [0.2, 0.25) is 0 Å². The van der Waals surface area contributed by atoms with E-state index in [1.54, 1.807) is 6.07 Å². The molecule has 0 aliphatic carbocycles. The van der Waals surface area contributed by atoms with Crippen LogP contribution in [0.25, 0.3) is 5.57 Å². The number of halogens is 3. The predicted octanol–water partition coefficient (Wildman–Crippen LogP) is 3.84. The van der Waals surface area contributed by atoms with E-state index in [1.807, 2.05) is 0 Å². The third-order valence-electron chi connectivity index (χ3n) is 1.47. The quantitative estimate of drug-likeness (QED) is 0.699. The summed E-state index contributed by atoms with van der Waals surface area (Å²) in [5.74, 6) is 0.0293. The minimum atomic E-state index is -0.278. The first kappa shape index (κ1) is 9.75. The molecule has 64 valence electrons. The molecular formula is C9H7BrClF. The van der Waals surface area contributed by atoms with Gasteiger partial charge in [0.05, 0.1) is 0 Å². The first-order valence-electron chi connectivity index (χ1n) is 3.34. The van der Waals surface area contributed by atoms with Crippen LogP contribution in [-0.4, -0.2) is 5.88 Å². The zero-order chi connectivity index (χ0) is 9.14. The molecule has 0 spiro atoms. The average molecular weight is 250 g/mol. The van der Waals surface area contributed by atoms with Crippen molar-refractivity contribution >= 4 is 33.1 Å². The topological polar surface area (TPSA) is 0 Å². The van der Waals surface area contributed by atoms with Crippen LogP contribution < -0.4 is 0 Å². The molecule has 0 aliphatic heterocycles. The lowest BCUT2D eigenvalue weighted by Gasteiger charge is -2.04. The van der Waals surface area contributed by atoms with Gasteiger partial charge in [-0.1, -0.05) is 22.5 Å². The molecule has 0 saturated heterocycles. The third-order valence-corrected chi connectivity index (χ3v) is 2.48. The maximum absolute atomic E-state index is 12.7. The Kier molecular flexibility index (Phi) is 3.29. The molecule has 0 fully saturated rings. The van der Waals surface area contributed by atoms with Crippen molar-refractivity contribution in [1.29, 1.82) is 0 Å². The minimum absolute atomic E-state index is 0.278. The van der Waals surface area contributed by atoms with Crippen molar-refractivity contribution in [1.82, 2.24) is 0 Å². The fourth-order valence-electron chi connectivity index (χ4n) is 0.840. The van der Waals surface area contributed by atoms with Crippen LogP contribution in [0.2, 0.25) is 0 Å². The van der Waals surface area contributed by atoms with E-state index < -0.39 is 0 Å². The molecule has 0 amide bonds. The number of alkyl halides is 1. The van der Waals surface area contributed by atoms with Crippen LogP contribution in [0.4, 0.5) is 4.39 Å². The highest BCUT2D eigenvalue weighted by Gasteiger charge is 2.03. The highest BCUT2D eigenvalue weighted by atomic mass is 79.9. The van der Waals surface area contributed by atoms with Gasteiger partial charge in [0.15, 0.2) is 0 Å². The highest BCUT2D eigenvalue weighted by molar-refractivity contribution is 9.10. The van der Waals surface area contributed by atoms with Crippen LogP contribution in [0.15, 0.2) is 29.3 Å². The summed E-state index contributed by atoms with van der Waals surface area (Å²) in [5, 5.41) is 0. The summed E-state index contributed by atoms with van der Waals surface area (Å²) in [6, 6.07) is 4.44. The summed E-state index contributed by atoms with van der Waals surface area (Å²) in [6.07, 6.45) is 0. The third kappa shape index (κ3) is 2.08. The molecule has 1 aromatic rings. The summed E-state index contributed by atoms with van der Waals surface area (Å²) < 4.78 is 13.6. The van der Waals surface area contributed by atoms with E-state index in [0.29, 0.717) is 11.5 Å². The van der Waals surface area contributed by atoms with Crippen molar-refractivity contribution in [2.45, 2.75) is 0 Å². The van der Waals surface area contributed by atoms with Gasteiger partial charge in [0.25, 0.3) is 0 Å². The van der Waals surface area contributed by atoms with Crippen molar-refractivity contribution in [3.63, 3.8) is 0 Å². The molecule has 0 nitrogen and oxygen atoms in total. The summed E-state index contributed by atoms with van der Waals surface area (Å²) in [7, 11) is 0. The Hall–Kier alpha value is -0.340. The number of benzene rings is 1. The van der Waals surface area contributed by atoms with E-state index in [-0.39, 0.29) is 5.82 Å². The molecule has 0 aliphatic rings. The summed E-state index contributed by atoms with van der Waals surface area (Å²) in [4.78, 5) is 0. The van der Waals surface area contributed by atoms with Crippen molar-refractivity contribution in [2.75, 3.05) is 5.88 Å². The number of hydrogen-bond donors (Lipinski definition) is 0. The van der Waals surface area contributed by atoms with E-state index in [2.05, 4.69) is 22.5 Å². The Morgan fingerprint density at radius 3 is 2.83 bits per heavy atom. The molecule has 1 aromatic carbocycles. The molecule has 0 aromatic heterocycles. The van der Waals surface area contributed by atoms with Crippen LogP contribution in [-0.2, 0) is 0 Å². The fourth-order valence-corrected chi connectivity index (χ4v) is 1.51. The highest BCUT2D eigenvalue weighted by Crippen LogP contribution is 2.24. The summed E-state index contributed by atoms with van der Waals surface area (Å²) in [5.41, 5.74) is 1.44. The number of rotatable bonds is 2. The standard InChI is InChI=1S/C9H7BrClF/c1-6(5-11)8-4-7(12)2-3-9(8)10/h2-4H,1,5H2. The van der Waals surface area contributed by atoms with Gasteiger partial charge in [-0.2, -0.15) is 0 Å². The largest absolute Gasteiger partial charge is 0.207 e. The number of allylic oxidation sites excluding steroid dienone is 1. The smallest absolute Gasteiger partial charge is 0.123 e. The van der Waals surface area contributed by atoms with Crippen LogP contribution in [0.1, 0.15) is 5.56 Å². The van der Waals surface area contributed by atoms with Crippen LogP contribution in [0.3, 0.4) is 0 Å². The zero-order valence-corrected chi connectivity index (χ0v) is 8.62. The maximum Gasteiger partial charge on any atom is 0.123 e. The van der Waals surface area contributed by atoms with Crippen molar-refractivity contribution in [3.05, 3.63) is 40.6 Å². The SMILES string of the molecule is C=C(CCl)c1cc(F)ccc1Br. The molecule has 0 N–H and O–H groups in total. The van der Waals surface area contributed by atoms with Gasteiger partial charge >= 0.3 is 0 Å². The predicted molar refractivity (Wildman–Crippen MR) is 53.9 cm³/mol. The summed E-state index contributed by atoms with van der Waals surface area (Å²) in [6.45, 7) is 3.72. The Morgan fingerprint density at radius 1 is 1.58 bits per heavy atom. The maximum atomic E-state index is 12.7. The molecule has 0 atom stereocenters. The molecule has 0 bridgehead atoms. The zero-order valence-electron chi connectivity index (χ0n) is 6.28. The van der Waals surface area contributed by atoms with Gasteiger partial charge in [-0.3, -0.25) is 0 Å². The monoisotopic (exact) mass is 248 g/mol. The van der Waals surface area contributed by atoms with Crippen molar-refractivity contribution in [3.8, 4) is 0 Å². The average Bonchev–Trinajstić information content (AvgIpc) is 2.08. The van der Waals surface area contributed by atoms with Gasteiger partial charge in [-0.25, -0.2) is 4.39 Å². The summed E-state index contributed by atoms with van der Waals surface area (Å²) >= 11 is 8.85. The lowest BCUT2D eigenvalue weighted by molar-refractivity contribution is 0.627. The molecule has 0 unspecified atom stereocenters. The Morgan fingerprint density at radius 2 is 2.25 bits per heavy atom. The Bertz CT molecular complexity index is 309. The van der Waals surface area contributed by atoms with E-state index in [1.165, 1.54) is 12.1 Å². The van der Waals surface area contributed by atoms with Crippen molar-refractivity contribution in [2.24, 2.45) is 0 Å².